The molecule has 1 saturated heterocycles. The third kappa shape index (κ3) is 3.32. The van der Waals surface area contributed by atoms with E-state index < -0.39 is 16.9 Å². The fraction of sp³-hybridized carbons (Fsp3) is 0.722. The number of carbonyl (C=O) groups excluding carboxylic acids is 1. The molecule has 1 aliphatic rings. The zero-order chi connectivity index (χ0) is 19.7. The molecular weight excluding hydrogens is 354 g/mol. The highest BCUT2D eigenvalue weighted by Gasteiger charge is 2.59. The number of amides is 2. The third-order valence-electron chi connectivity index (χ3n) is 5.40. The van der Waals surface area contributed by atoms with Crippen LogP contribution >= 0.6 is 11.3 Å². The van der Waals surface area contributed by atoms with Crippen molar-refractivity contribution in [1.29, 1.82) is 0 Å². The van der Waals surface area contributed by atoms with Gasteiger partial charge in [-0.15, -0.1) is 11.3 Å². The van der Waals surface area contributed by atoms with Crippen molar-refractivity contribution >= 4 is 23.3 Å². The van der Waals surface area contributed by atoms with Crippen LogP contribution in [0.1, 0.15) is 51.7 Å². The average Bonchev–Trinajstić information content (AvgIpc) is 3.15. The first-order valence-electron chi connectivity index (χ1n) is 8.93. The van der Waals surface area contributed by atoms with Crippen LogP contribution < -0.4 is 0 Å². The molecule has 0 aromatic carbocycles. The Balaban J connectivity index is 2.33. The molecule has 0 aliphatic carbocycles. The number of aliphatic carboxylic acids is 1. The lowest BCUT2D eigenvalue weighted by Gasteiger charge is -2.50. The summed E-state index contributed by atoms with van der Waals surface area (Å²) in [5, 5.41) is 21.8. The van der Waals surface area contributed by atoms with Crippen LogP contribution in [0.3, 0.4) is 0 Å². The second-order valence-electron chi connectivity index (χ2n) is 7.88. The number of rotatable bonds is 7. The molecule has 0 spiro atoms. The first-order valence-corrected chi connectivity index (χ1v) is 9.81. The summed E-state index contributed by atoms with van der Waals surface area (Å²) in [5.41, 5.74) is -1.18. The Kier molecular flexibility index (Phi) is 5.97. The van der Waals surface area contributed by atoms with Crippen LogP contribution in [0.25, 0.3) is 0 Å². The second kappa shape index (κ2) is 7.52. The van der Waals surface area contributed by atoms with Gasteiger partial charge in [0, 0.05) is 18.5 Å². The van der Waals surface area contributed by atoms with Crippen LogP contribution in [0, 0.1) is 11.3 Å². The minimum Gasteiger partial charge on any atom is -0.479 e. The number of hydrogen-bond acceptors (Lipinski definition) is 5. The molecule has 2 amide bonds. The van der Waals surface area contributed by atoms with E-state index in [1.807, 2.05) is 40.0 Å². The molecule has 0 bridgehead atoms. The Morgan fingerprint density at radius 2 is 2.04 bits per heavy atom. The number of aliphatic hydroxyl groups is 1. The van der Waals surface area contributed by atoms with Crippen molar-refractivity contribution in [1.82, 2.24) is 14.8 Å². The Morgan fingerprint density at radius 1 is 1.38 bits per heavy atom. The van der Waals surface area contributed by atoms with Gasteiger partial charge in [0.05, 0.1) is 18.8 Å². The van der Waals surface area contributed by atoms with Gasteiger partial charge >= 0.3 is 12.0 Å². The lowest BCUT2D eigenvalue weighted by atomic mass is 9.64. The number of aliphatic hydroxyl groups excluding tert-OH is 1. The number of carbonyl (C=O) groups is 2. The predicted molar refractivity (Wildman–Crippen MR) is 99.8 cm³/mol. The molecule has 2 N–H and O–H groups in total. The van der Waals surface area contributed by atoms with Crippen LogP contribution in [0.2, 0.25) is 0 Å². The molecule has 7 nitrogen and oxygen atoms in total. The quantitative estimate of drug-likeness (QED) is 0.755. The summed E-state index contributed by atoms with van der Waals surface area (Å²) < 4.78 is 0. The molecule has 2 rings (SSSR count). The third-order valence-corrected chi connectivity index (χ3v) is 6.29. The maximum absolute atomic E-state index is 13.1. The van der Waals surface area contributed by atoms with E-state index in [0.717, 1.165) is 5.69 Å². The lowest BCUT2D eigenvalue weighted by molar-refractivity contribution is -0.162. The second-order valence-corrected chi connectivity index (χ2v) is 8.82. The highest BCUT2D eigenvalue weighted by molar-refractivity contribution is 7.09. The smallest absolute Gasteiger partial charge is 0.330 e. The summed E-state index contributed by atoms with van der Waals surface area (Å²) in [7, 11) is 0. The standard InChI is InChI=1S/C18H29N3O4S/c1-6-12(2)18(15(23)24,17(3,4)5)21-8-7-20(16(21)25)9-13-11-26-14(10-22)19-13/h11-12,22H,6-10H2,1-5H3,(H,23,24)/t12-,18+/m0/s1. The fourth-order valence-electron chi connectivity index (χ4n) is 4.10. The van der Waals surface area contributed by atoms with Crippen molar-refractivity contribution in [2.75, 3.05) is 13.1 Å². The number of aromatic nitrogens is 1. The summed E-state index contributed by atoms with van der Waals surface area (Å²) >= 11 is 1.35. The Hall–Kier alpha value is -1.67. The van der Waals surface area contributed by atoms with E-state index in [-0.39, 0.29) is 18.6 Å². The van der Waals surface area contributed by atoms with E-state index in [1.165, 1.54) is 11.3 Å². The van der Waals surface area contributed by atoms with Crippen LogP contribution in [0.5, 0.6) is 0 Å². The molecule has 2 heterocycles. The van der Waals surface area contributed by atoms with Gasteiger partial charge < -0.3 is 20.0 Å². The average molecular weight is 384 g/mol. The van der Waals surface area contributed by atoms with Crippen LogP contribution in [-0.4, -0.2) is 55.6 Å². The topological polar surface area (TPSA) is 94.0 Å². The molecule has 2 atom stereocenters. The summed E-state index contributed by atoms with van der Waals surface area (Å²) in [6.07, 6.45) is 0.666. The first-order chi connectivity index (χ1) is 12.1. The van der Waals surface area contributed by atoms with Gasteiger partial charge in [0.25, 0.3) is 0 Å². The summed E-state index contributed by atoms with van der Waals surface area (Å²) in [4.78, 5) is 33.1. The predicted octanol–water partition coefficient (Wildman–Crippen LogP) is 2.79. The molecule has 0 unspecified atom stereocenters. The molecule has 146 valence electrons. The van der Waals surface area contributed by atoms with Gasteiger partial charge in [-0.25, -0.2) is 14.6 Å². The monoisotopic (exact) mass is 383 g/mol. The number of carboxylic acid groups (broad SMARTS) is 1. The summed E-state index contributed by atoms with van der Waals surface area (Å²) in [6, 6.07) is -0.263. The van der Waals surface area contributed by atoms with Crippen molar-refractivity contribution in [3.8, 4) is 0 Å². The Bertz CT molecular complexity index is 670. The molecule has 1 fully saturated rings. The van der Waals surface area contributed by atoms with Crippen molar-refractivity contribution in [3.63, 3.8) is 0 Å². The minimum absolute atomic E-state index is 0.120. The maximum Gasteiger partial charge on any atom is 0.330 e. The summed E-state index contributed by atoms with van der Waals surface area (Å²) in [5.74, 6) is -1.14. The zero-order valence-corrected chi connectivity index (χ0v) is 17.0. The lowest BCUT2D eigenvalue weighted by Crippen LogP contribution is -2.66. The van der Waals surface area contributed by atoms with E-state index in [9.17, 15) is 14.7 Å². The molecule has 1 aromatic rings. The number of hydrogen-bond donors (Lipinski definition) is 2. The minimum atomic E-state index is -1.27. The molecule has 26 heavy (non-hydrogen) atoms. The molecule has 1 aromatic heterocycles. The van der Waals surface area contributed by atoms with E-state index in [2.05, 4.69) is 4.98 Å². The molecule has 8 heteroatoms. The number of carboxylic acids is 1. The van der Waals surface area contributed by atoms with Gasteiger partial charge in [0.15, 0.2) is 0 Å². The number of nitrogens with zero attached hydrogens (tertiary/aromatic N) is 3. The fourth-order valence-corrected chi connectivity index (χ4v) is 4.74. The molecular formula is C18H29N3O4S. The van der Waals surface area contributed by atoms with Crippen molar-refractivity contribution in [2.24, 2.45) is 11.3 Å². The van der Waals surface area contributed by atoms with Gasteiger partial charge in [-0.1, -0.05) is 41.0 Å². The van der Waals surface area contributed by atoms with E-state index in [1.54, 1.807) is 9.80 Å². The number of urea groups is 1. The zero-order valence-electron chi connectivity index (χ0n) is 16.2. The summed E-state index contributed by atoms with van der Waals surface area (Å²) in [6.45, 7) is 10.6. The van der Waals surface area contributed by atoms with Crippen molar-refractivity contribution in [2.45, 2.75) is 59.7 Å². The SMILES string of the molecule is CC[C@H](C)[C@](C(=O)O)(N1CCN(Cc2csc(CO)n2)C1=O)C(C)(C)C. The van der Waals surface area contributed by atoms with Gasteiger partial charge in [-0.05, 0) is 11.3 Å². The van der Waals surface area contributed by atoms with Crippen molar-refractivity contribution < 1.29 is 19.8 Å². The van der Waals surface area contributed by atoms with Crippen molar-refractivity contribution in [3.05, 3.63) is 16.1 Å². The van der Waals surface area contributed by atoms with Gasteiger partial charge in [-0.3, -0.25) is 0 Å². The number of thiazole rings is 1. The van der Waals surface area contributed by atoms with Crippen LogP contribution in [-0.2, 0) is 17.9 Å². The van der Waals surface area contributed by atoms with E-state index in [4.69, 9.17) is 5.11 Å². The Morgan fingerprint density at radius 3 is 2.50 bits per heavy atom. The van der Waals surface area contributed by atoms with Gasteiger partial charge in [0.2, 0.25) is 0 Å². The maximum atomic E-state index is 13.1. The van der Waals surface area contributed by atoms with Gasteiger partial charge in [-0.2, -0.15) is 0 Å². The molecule has 0 saturated carbocycles. The Labute approximate surface area is 158 Å². The van der Waals surface area contributed by atoms with Gasteiger partial charge in [0.1, 0.15) is 10.5 Å². The molecule has 0 radical (unpaired) electrons. The highest BCUT2D eigenvalue weighted by Crippen LogP contribution is 2.45. The molecule has 1 aliphatic heterocycles. The van der Waals surface area contributed by atoms with E-state index >= 15 is 0 Å². The van der Waals surface area contributed by atoms with E-state index in [0.29, 0.717) is 31.1 Å². The highest BCUT2D eigenvalue weighted by atomic mass is 32.1. The normalized spacial score (nSPS) is 18.9. The van der Waals surface area contributed by atoms with Crippen LogP contribution in [0.15, 0.2) is 5.38 Å². The largest absolute Gasteiger partial charge is 0.479 e. The first kappa shape index (κ1) is 20.6. The van der Waals surface area contributed by atoms with Crippen LogP contribution in [0.4, 0.5) is 4.79 Å².